The number of nitrogens with one attached hydrogen (secondary N) is 1. The summed E-state index contributed by atoms with van der Waals surface area (Å²) < 4.78 is 3.61. The quantitative estimate of drug-likeness (QED) is 0.559. The van der Waals surface area contributed by atoms with E-state index in [9.17, 15) is 4.79 Å². The van der Waals surface area contributed by atoms with E-state index >= 15 is 0 Å². The number of hydrogen-bond acceptors (Lipinski definition) is 4. The van der Waals surface area contributed by atoms with Crippen LogP contribution in [0.25, 0.3) is 22.2 Å². The molecule has 0 unspecified atom stereocenters. The summed E-state index contributed by atoms with van der Waals surface area (Å²) in [5, 5.41) is 12.6. The number of rotatable bonds is 4. The zero-order valence-electron chi connectivity index (χ0n) is 17.6. The fourth-order valence-electron chi connectivity index (χ4n) is 3.99. The lowest BCUT2D eigenvalue weighted by molar-refractivity contribution is 0.102. The lowest BCUT2D eigenvalue weighted by Crippen LogP contribution is -2.14. The van der Waals surface area contributed by atoms with Crippen LogP contribution in [-0.4, -0.2) is 30.5 Å². The van der Waals surface area contributed by atoms with Crippen LogP contribution in [0, 0.1) is 13.8 Å². The molecule has 0 saturated heterocycles. The number of fused-ring (bicyclic) bond motifs is 1. The lowest BCUT2D eigenvalue weighted by atomic mass is 9.99. The van der Waals surface area contributed by atoms with Crippen molar-refractivity contribution < 1.29 is 4.79 Å². The van der Waals surface area contributed by atoms with Crippen molar-refractivity contribution in [2.45, 2.75) is 32.6 Å². The first-order valence-electron chi connectivity index (χ1n) is 10.2. The molecule has 152 valence electrons. The second kappa shape index (κ2) is 6.79. The van der Waals surface area contributed by atoms with E-state index in [-0.39, 0.29) is 5.91 Å². The molecule has 30 heavy (non-hydrogen) atoms. The van der Waals surface area contributed by atoms with Crippen molar-refractivity contribution in [1.29, 1.82) is 0 Å². The number of benzene rings is 1. The molecule has 1 amide bonds. The summed E-state index contributed by atoms with van der Waals surface area (Å²) in [7, 11) is 3.80. The molecule has 4 aromatic rings. The highest BCUT2D eigenvalue weighted by molar-refractivity contribution is 6.13. The Balaban J connectivity index is 1.64. The Morgan fingerprint density at radius 3 is 2.63 bits per heavy atom. The fourth-order valence-corrected chi connectivity index (χ4v) is 3.99. The summed E-state index contributed by atoms with van der Waals surface area (Å²) in [5.74, 6) is 0.337. The van der Waals surface area contributed by atoms with Gasteiger partial charge in [0.2, 0.25) is 0 Å². The number of aromatic nitrogens is 5. The van der Waals surface area contributed by atoms with Crippen LogP contribution < -0.4 is 5.32 Å². The van der Waals surface area contributed by atoms with Gasteiger partial charge in [0.05, 0.1) is 40.5 Å². The smallest absolute Gasteiger partial charge is 0.256 e. The van der Waals surface area contributed by atoms with Crippen LogP contribution in [0.3, 0.4) is 0 Å². The minimum Gasteiger partial charge on any atom is -0.319 e. The molecule has 3 heterocycles. The molecule has 7 nitrogen and oxygen atoms in total. The first-order valence-corrected chi connectivity index (χ1v) is 10.2. The zero-order valence-corrected chi connectivity index (χ0v) is 17.6. The molecule has 5 rings (SSSR count). The van der Waals surface area contributed by atoms with E-state index in [1.165, 1.54) is 0 Å². The second-order valence-electron chi connectivity index (χ2n) is 8.16. The molecule has 0 radical (unpaired) electrons. The van der Waals surface area contributed by atoms with E-state index in [2.05, 4.69) is 22.4 Å². The van der Waals surface area contributed by atoms with Gasteiger partial charge in [-0.05, 0) is 43.9 Å². The number of nitrogens with zero attached hydrogens (tertiary/aromatic N) is 5. The number of carbonyl (C=O) groups excluding carboxylic acids is 1. The number of aryl methyl sites for hydroxylation is 4. The van der Waals surface area contributed by atoms with Crippen LogP contribution in [0.15, 0.2) is 36.8 Å². The van der Waals surface area contributed by atoms with Gasteiger partial charge in [0.25, 0.3) is 5.91 Å². The average molecular weight is 400 g/mol. The van der Waals surface area contributed by atoms with E-state index in [1.54, 1.807) is 17.1 Å². The van der Waals surface area contributed by atoms with E-state index in [1.807, 2.05) is 50.1 Å². The molecular weight excluding hydrogens is 376 g/mol. The van der Waals surface area contributed by atoms with Crippen molar-refractivity contribution in [2.75, 3.05) is 5.32 Å². The third kappa shape index (κ3) is 3.07. The van der Waals surface area contributed by atoms with Gasteiger partial charge < -0.3 is 5.32 Å². The van der Waals surface area contributed by atoms with E-state index in [0.29, 0.717) is 11.5 Å². The molecule has 1 saturated carbocycles. The third-order valence-electron chi connectivity index (χ3n) is 5.95. The standard InChI is InChI=1S/C23H24N6O/c1-13-5-8-17-18(23(30)27-20-11-25-29(4)22(20)15-6-7-15)9-19(26-21(17)14(13)2)16-10-24-28(3)12-16/h5,8-12,15H,6-7H2,1-4H3,(H,27,30). The normalized spacial score (nSPS) is 13.7. The monoisotopic (exact) mass is 400 g/mol. The minimum atomic E-state index is -0.148. The van der Waals surface area contributed by atoms with Crippen LogP contribution in [0.5, 0.6) is 0 Å². The zero-order chi connectivity index (χ0) is 21.0. The van der Waals surface area contributed by atoms with Gasteiger partial charge in [0, 0.05) is 37.2 Å². The van der Waals surface area contributed by atoms with Crippen molar-refractivity contribution in [1.82, 2.24) is 24.5 Å². The Morgan fingerprint density at radius 1 is 1.13 bits per heavy atom. The van der Waals surface area contributed by atoms with Gasteiger partial charge in [-0.2, -0.15) is 10.2 Å². The average Bonchev–Trinajstić information content (AvgIpc) is 3.36. The number of pyridine rings is 1. The maximum Gasteiger partial charge on any atom is 0.256 e. The maximum atomic E-state index is 13.4. The van der Waals surface area contributed by atoms with Crippen molar-refractivity contribution in [3.8, 4) is 11.3 Å². The second-order valence-corrected chi connectivity index (χ2v) is 8.16. The molecular formula is C23H24N6O. The number of carbonyl (C=O) groups is 1. The van der Waals surface area contributed by atoms with Crippen LogP contribution in [0.4, 0.5) is 5.69 Å². The van der Waals surface area contributed by atoms with Gasteiger partial charge in [-0.15, -0.1) is 0 Å². The highest BCUT2D eigenvalue weighted by atomic mass is 16.1. The van der Waals surface area contributed by atoms with E-state index in [4.69, 9.17) is 4.98 Å². The molecule has 3 aromatic heterocycles. The molecule has 1 fully saturated rings. The van der Waals surface area contributed by atoms with Crippen molar-refractivity contribution in [3.05, 3.63) is 59.2 Å². The summed E-state index contributed by atoms with van der Waals surface area (Å²) in [6.07, 6.45) is 7.71. The molecule has 0 spiro atoms. The van der Waals surface area contributed by atoms with Crippen LogP contribution in [-0.2, 0) is 14.1 Å². The Labute approximate surface area is 174 Å². The minimum absolute atomic E-state index is 0.148. The number of anilines is 1. The number of amides is 1. The van der Waals surface area contributed by atoms with Crippen LogP contribution in [0.2, 0.25) is 0 Å². The van der Waals surface area contributed by atoms with Crippen LogP contribution >= 0.6 is 0 Å². The largest absolute Gasteiger partial charge is 0.319 e. The highest BCUT2D eigenvalue weighted by Crippen LogP contribution is 2.43. The fraction of sp³-hybridized carbons (Fsp3) is 0.304. The summed E-state index contributed by atoms with van der Waals surface area (Å²) in [6, 6.07) is 5.88. The SMILES string of the molecule is Cc1ccc2c(C(=O)Nc3cnn(C)c3C3CC3)cc(-c3cnn(C)c3)nc2c1C. The first kappa shape index (κ1) is 18.5. The van der Waals surface area contributed by atoms with Crippen LogP contribution in [0.1, 0.15) is 45.9 Å². The first-order chi connectivity index (χ1) is 14.4. The van der Waals surface area contributed by atoms with E-state index < -0.39 is 0 Å². The van der Waals surface area contributed by atoms with Gasteiger partial charge >= 0.3 is 0 Å². The van der Waals surface area contributed by atoms with Crippen molar-refractivity contribution in [3.63, 3.8) is 0 Å². The molecule has 1 N–H and O–H groups in total. The van der Waals surface area contributed by atoms with Crippen molar-refractivity contribution in [2.24, 2.45) is 14.1 Å². The Bertz CT molecular complexity index is 1290. The molecule has 7 heteroatoms. The third-order valence-corrected chi connectivity index (χ3v) is 5.95. The topological polar surface area (TPSA) is 77.6 Å². The summed E-state index contributed by atoms with van der Waals surface area (Å²) in [5.41, 5.74) is 7.18. The molecule has 0 aliphatic heterocycles. The van der Waals surface area contributed by atoms with Crippen molar-refractivity contribution >= 4 is 22.5 Å². The van der Waals surface area contributed by atoms with E-state index in [0.717, 1.165) is 57.5 Å². The predicted molar refractivity (Wildman–Crippen MR) is 117 cm³/mol. The van der Waals surface area contributed by atoms with Gasteiger partial charge in [0.1, 0.15) is 0 Å². The Morgan fingerprint density at radius 2 is 1.93 bits per heavy atom. The van der Waals surface area contributed by atoms with Gasteiger partial charge in [0.15, 0.2) is 0 Å². The Hall–Kier alpha value is -3.48. The number of hydrogen-bond donors (Lipinski definition) is 1. The Kier molecular flexibility index (Phi) is 4.20. The molecule has 1 aromatic carbocycles. The summed E-state index contributed by atoms with van der Waals surface area (Å²) in [4.78, 5) is 18.3. The maximum absolute atomic E-state index is 13.4. The molecule has 1 aliphatic carbocycles. The lowest BCUT2D eigenvalue weighted by Gasteiger charge is -2.13. The highest BCUT2D eigenvalue weighted by Gasteiger charge is 2.30. The summed E-state index contributed by atoms with van der Waals surface area (Å²) in [6.45, 7) is 4.11. The molecule has 1 aliphatic rings. The molecule has 0 bridgehead atoms. The summed E-state index contributed by atoms with van der Waals surface area (Å²) >= 11 is 0. The van der Waals surface area contributed by atoms with Gasteiger partial charge in [-0.25, -0.2) is 4.98 Å². The predicted octanol–water partition coefficient (Wildman–Crippen LogP) is 4.12. The molecule has 0 atom stereocenters. The van der Waals surface area contributed by atoms with Gasteiger partial charge in [-0.1, -0.05) is 12.1 Å². The van der Waals surface area contributed by atoms with Gasteiger partial charge in [-0.3, -0.25) is 14.2 Å².